The predicted octanol–water partition coefficient (Wildman–Crippen LogP) is 3.37. The maximum Gasteiger partial charge on any atom is 0.198 e. The van der Waals surface area contributed by atoms with Gasteiger partial charge in [-0.3, -0.25) is 0 Å². The van der Waals surface area contributed by atoms with Crippen LogP contribution in [0.1, 0.15) is 17.4 Å². The Bertz CT molecular complexity index is 530. The van der Waals surface area contributed by atoms with E-state index in [4.69, 9.17) is 16.3 Å². The molecule has 0 aliphatic carbocycles. The van der Waals surface area contributed by atoms with Crippen LogP contribution in [-0.4, -0.2) is 17.1 Å². The van der Waals surface area contributed by atoms with Crippen molar-refractivity contribution >= 4 is 28.8 Å². The zero-order valence-corrected chi connectivity index (χ0v) is 11.8. The molecule has 0 radical (unpaired) electrons. The SMILES string of the molecule is CCc1ccsc1CNc1ncnc(Cl)c1OC. The fourth-order valence-electron chi connectivity index (χ4n) is 1.66. The Morgan fingerprint density at radius 3 is 3.00 bits per heavy atom. The Balaban J connectivity index is 2.13. The summed E-state index contributed by atoms with van der Waals surface area (Å²) in [4.78, 5) is 9.32. The van der Waals surface area contributed by atoms with E-state index in [2.05, 4.69) is 33.7 Å². The lowest BCUT2D eigenvalue weighted by Crippen LogP contribution is -2.04. The van der Waals surface area contributed by atoms with E-state index >= 15 is 0 Å². The van der Waals surface area contributed by atoms with Crippen molar-refractivity contribution in [2.75, 3.05) is 12.4 Å². The maximum absolute atomic E-state index is 5.94. The molecule has 2 aromatic heterocycles. The third kappa shape index (κ3) is 2.73. The minimum Gasteiger partial charge on any atom is -0.490 e. The third-order valence-electron chi connectivity index (χ3n) is 2.60. The van der Waals surface area contributed by atoms with E-state index in [-0.39, 0.29) is 0 Å². The van der Waals surface area contributed by atoms with E-state index in [1.807, 2.05) is 0 Å². The number of nitrogens with zero attached hydrogens (tertiary/aromatic N) is 2. The predicted molar refractivity (Wildman–Crippen MR) is 74.6 cm³/mol. The van der Waals surface area contributed by atoms with Crippen LogP contribution in [0, 0.1) is 0 Å². The second kappa shape index (κ2) is 6.02. The topological polar surface area (TPSA) is 47.0 Å². The molecule has 4 nitrogen and oxygen atoms in total. The number of rotatable bonds is 5. The highest BCUT2D eigenvalue weighted by atomic mass is 35.5. The normalized spacial score (nSPS) is 10.4. The highest BCUT2D eigenvalue weighted by Gasteiger charge is 2.10. The summed E-state index contributed by atoms with van der Waals surface area (Å²) >= 11 is 7.67. The van der Waals surface area contributed by atoms with Crippen LogP contribution in [0.2, 0.25) is 5.15 Å². The molecule has 0 saturated carbocycles. The van der Waals surface area contributed by atoms with Crippen LogP contribution in [0.5, 0.6) is 5.75 Å². The van der Waals surface area contributed by atoms with Gasteiger partial charge in [-0.1, -0.05) is 18.5 Å². The Morgan fingerprint density at radius 2 is 2.28 bits per heavy atom. The van der Waals surface area contributed by atoms with Gasteiger partial charge < -0.3 is 10.1 Å². The largest absolute Gasteiger partial charge is 0.490 e. The molecular formula is C12H14ClN3OS. The lowest BCUT2D eigenvalue weighted by atomic mass is 10.2. The molecule has 1 N–H and O–H groups in total. The molecule has 0 aliphatic rings. The maximum atomic E-state index is 5.94. The number of hydrogen-bond acceptors (Lipinski definition) is 5. The van der Waals surface area contributed by atoms with Crippen molar-refractivity contribution < 1.29 is 4.74 Å². The molecule has 0 spiro atoms. The number of methoxy groups -OCH3 is 1. The summed E-state index contributed by atoms with van der Waals surface area (Å²) in [6, 6.07) is 2.14. The van der Waals surface area contributed by atoms with Crippen LogP contribution < -0.4 is 10.1 Å². The van der Waals surface area contributed by atoms with Gasteiger partial charge in [0.15, 0.2) is 16.7 Å². The number of hydrogen-bond donors (Lipinski definition) is 1. The molecule has 0 bridgehead atoms. The van der Waals surface area contributed by atoms with Gasteiger partial charge >= 0.3 is 0 Å². The van der Waals surface area contributed by atoms with Gasteiger partial charge in [0, 0.05) is 4.88 Å². The average Bonchev–Trinajstić information content (AvgIpc) is 2.83. The molecule has 0 saturated heterocycles. The minimum absolute atomic E-state index is 0.317. The number of ether oxygens (including phenoxy) is 1. The number of aromatic nitrogens is 2. The smallest absolute Gasteiger partial charge is 0.198 e. The van der Waals surface area contributed by atoms with Crippen molar-refractivity contribution in [1.82, 2.24) is 9.97 Å². The highest BCUT2D eigenvalue weighted by Crippen LogP contribution is 2.29. The summed E-state index contributed by atoms with van der Waals surface area (Å²) in [6.07, 6.45) is 2.45. The second-order valence-corrected chi connectivity index (χ2v) is 4.98. The van der Waals surface area contributed by atoms with Crippen LogP contribution in [0.3, 0.4) is 0 Å². The zero-order valence-electron chi connectivity index (χ0n) is 10.2. The number of anilines is 1. The highest BCUT2D eigenvalue weighted by molar-refractivity contribution is 7.10. The van der Waals surface area contributed by atoms with Crippen molar-refractivity contribution in [2.45, 2.75) is 19.9 Å². The molecule has 2 heterocycles. The van der Waals surface area contributed by atoms with Crippen LogP contribution >= 0.6 is 22.9 Å². The van der Waals surface area contributed by atoms with Crippen molar-refractivity contribution in [1.29, 1.82) is 0 Å². The van der Waals surface area contributed by atoms with Gasteiger partial charge in [-0.2, -0.15) is 0 Å². The first kappa shape index (κ1) is 13.1. The van der Waals surface area contributed by atoms with Crippen LogP contribution in [0.4, 0.5) is 5.82 Å². The van der Waals surface area contributed by atoms with Crippen LogP contribution in [0.25, 0.3) is 0 Å². The zero-order chi connectivity index (χ0) is 13.0. The van der Waals surface area contributed by atoms with Gasteiger partial charge in [0.25, 0.3) is 0 Å². The summed E-state index contributed by atoms with van der Waals surface area (Å²) in [6.45, 7) is 2.86. The molecule has 2 aromatic rings. The Morgan fingerprint density at radius 1 is 1.44 bits per heavy atom. The fourth-order valence-corrected chi connectivity index (χ4v) is 2.79. The summed E-state index contributed by atoms with van der Waals surface area (Å²) in [5, 5.41) is 5.65. The van der Waals surface area contributed by atoms with Gasteiger partial charge in [0.2, 0.25) is 0 Å². The van der Waals surface area contributed by atoms with Gasteiger partial charge in [0.1, 0.15) is 6.33 Å². The van der Waals surface area contributed by atoms with E-state index < -0.39 is 0 Å². The van der Waals surface area contributed by atoms with Gasteiger partial charge in [-0.25, -0.2) is 9.97 Å². The molecule has 96 valence electrons. The van der Waals surface area contributed by atoms with Crippen molar-refractivity contribution in [3.63, 3.8) is 0 Å². The Labute approximate surface area is 115 Å². The van der Waals surface area contributed by atoms with E-state index in [9.17, 15) is 0 Å². The Kier molecular flexibility index (Phi) is 4.38. The van der Waals surface area contributed by atoms with Crippen LogP contribution in [-0.2, 0) is 13.0 Å². The summed E-state index contributed by atoms with van der Waals surface area (Å²) in [7, 11) is 1.55. The number of thiophene rings is 1. The van der Waals surface area contributed by atoms with Crippen LogP contribution in [0.15, 0.2) is 17.8 Å². The number of halogens is 1. The number of aryl methyl sites for hydroxylation is 1. The fraction of sp³-hybridized carbons (Fsp3) is 0.333. The molecule has 0 atom stereocenters. The lowest BCUT2D eigenvalue weighted by molar-refractivity contribution is 0.413. The van der Waals surface area contributed by atoms with E-state index in [0.29, 0.717) is 23.3 Å². The van der Waals surface area contributed by atoms with E-state index in [0.717, 1.165) is 6.42 Å². The van der Waals surface area contributed by atoms with Gasteiger partial charge in [0.05, 0.1) is 13.7 Å². The summed E-state index contributed by atoms with van der Waals surface area (Å²) < 4.78 is 5.19. The standard InChI is InChI=1S/C12H14ClN3OS/c1-3-8-4-5-18-9(8)6-14-12-10(17-2)11(13)15-7-16-12/h4-5,7H,3,6H2,1-2H3,(H,14,15,16). The molecule has 2 rings (SSSR count). The number of nitrogens with one attached hydrogen (secondary N) is 1. The van der Waals surface area contributed by atoms with Gasteiger partial charge in [-0.15, -0.1) is 11.3 Å². The van der Waals surface area contributed by atoms with Gasteiger partial charge in [-0.05, 0) is 23.4 Å². The molecule has 0 unspecified atom stereocenters. The molecule has 0 fully saturated rings. The van der Waals surface area contributed by atoms with Crippen molar-refractivity contribution in [2.24, 2.45) is 0 Å². The second-order valence-electron chi connectivity index (χ2n) is 3.62. The Hall–Kier alpha value is -1.33. The first-order chi connectivity index (χ1) is 8.76. The first-order valence-corrected chi connectivity index (χ1v) is 6.85. The average molecular weight is 284 g/mol. The summed E-state index contributed by atoms with van der Waals surface area (Å²) in [5.74, 6) is 1.10. The first-order valence-electron chi connectivity index (χ1n) is 5.59. The minimum atomic E-state index is 0.317. The molecular weight excluding hydrogens is 270 g/mol. The van der Waals surface area contributed by atoms with Crippen molar-refractivity contribution in [3.05, 3.63) is 33.4 Å². The molecule has 0 aliphatic heterocycles. The lowest BCUT2D eigenvalue weighted by Gasteiger charge is -2.10. The third-order valence-corrected chi connectivity index (χ3v) is 3.83. The quantitative estimate of drug-likeness (QED) is 0.855. The monoisotopic (exact) mass is 283 g/mol. The van der Waals surface area contributed by atoms with Crippen molar-refractivity contribution in [3.8, 4) is 5.75 Å². The molecule has 6 heteroatoms. The molecule has 0 aromatic carbocycles. The van der Waals surface area contributed by atoms with E-state index in [1.54, 1.807) is 18.4 Å². The van der Waals surface area contributed by atoms with E-state index in [1.165, 1.54) is 16.8 Å². The summed E-state index contributed by atoms with van der Waals surface area (Å²) in [5.41, 5.74) is 1.35. The molecule has 18 heavy (non-hydrogen) atoms. The molecule has 0 amide bonds.